The van der Waals surface area contributed by atoms with E-state index in [0.717, 1.165) is 62.6 Å². The molecule has 10 heteroatoms. The Balaban J connectivity index is 1.34. The van der Waals surface area contributed by atoms with Crippen molar-refractivity contribution in [3.63, 3.8) is 0 Å². The van der Waals surface area contributed by atoms with Crippen LogP contribution in [0.15, 0.2) is 31.0 Å². The third-order valence-electron chi connectivity index (χ3n) is 10.2. The molecule has 0 radical (unpaired) electrons. The molecule has 5 heterocycles. The second kappa shape index (κ2) is 11.2. The Morgan fingerprint density at radius 1 is 1.18 bits per heavy atom. The number of rotatable bonds is 7. The Labute approximate surface area is 256 Å². The number of alkyl halides is 1. The van der Waals surface area contributed by atoms with Crippen LogP contribution in [0.5, 0.6) is 11.8 Å². The van der Waals surface area contributed by atoms with Crippen LogP contribution < -0.4 is 9.64 Å². The van der Waals surface area contributed by atoms with Crippen molar-refractivity contribution in [3.8, 4) is 23.0 Å². The normalized spacial score (nSPS) is 28.7. The van der Waals surface area contributed by atoms with Gasteiger partial charge in [-0.25, -0.2) is 8.78 Å². The number of fused-ring (bicyclic) bond motifs is 3. The number of β-amino-alcohol motifs (C(OH)–C–C–N with tert-alkyl or cyclic N) is 1. The maximum atomic E-state index is 16.8. The first kappa shape index (κ1) is 29.3. The number of anilines is 1. The van der Waals surface area contributed by atoms with Gasteiger partial charge in [0.1, 0.15) is 35.6 Å². The van der Waals surface area contributed by atoms with Crippen LogP contribution in [0.4, 0.5) is 14.6 Å². The van der Waals surface area contributed by atoms with Crippen LogP contribution in [0.25, 0.3) is 22.2 Å². The van der Waals surface area contributed by atoms with Crippen LogP contribution in [0, 0.1) is 5.82 Å². The molecule has 3 aliphatic heterocycles. The summed E-state index contributed by atoms with van der Waals surface area (Å²) < 4.78 is 37.5. The van der Waals surface area contributed by atoms with Crippen LogP contribution >= 0.6 is 0 Å². The van der Waals surface area contributed by atoms with Gasteiger partial charge in [-0.3, -0.25) is 9.88 Å². The molecule has 3 fully saturated rings. The van der Waals surface area contributed by atoms with Crippen molar-refractivity contribution in [2.24, 2.45) is 0 Å². The molecule has 1 unspecified atom stereocenters. The van der Waals surface area contributed by atoms with Crippen LogP contribution in [-0.4, -0.2) is 80.2 Å². The summed E-state index contributed by atoms with van der Waals surface area (Å²) in [6.45, 7) is 8.15. The lowest BCUT2D eigenvalue weighted by atomic mass is 9.77. The largest absolute Gasteiger partial charge is 0.508 e. The minimum absolute atomic E-state index is 0.0276. The summed E-state index contributed by atoms with van der Waals surface area (Å²) >= 11 is 0. The molecule has 1 aliphatic carbocycles. The fourth-order valence-corrected chi connectivity index (χ4v) is 8.27. The molecule has 7 rings (SSSR count). The van der Waals surface area contributed by atoms with Gasteiger partial charge in [-0.1, -0.05) is 6.08 Å². The van der Waals surface area contributed by atoms with Gasteiger partial charge in [0.2, 0.25) is 0 Å². The molecule has 44 heavy (non-hydrogen) atoms. The summed E-state index contributed by atoms with van der Waals surface area (Å²) in [5, 5.41) is 22.0. The number of phenolic OH excluding ortho intramolecular Hbond substituents is 1. The van der Waals surface area contributed by atoms with Gasteiger partial charge in [0.05, 0.1) is 16.5 Å². The van der Waals surface area contributed by atoms with E-state index in [1.165, 1.54) is 0 Å². The minimum atomic E-state index is -0.924. The number of benzene rings is 1. The van der Waals surface area contributed by atoms with Gasteiger partial charge in [-0.05, 0) is 94.0 Å². The molecular formula is C34H41F2N5O3. The zero-order valence-electron chi connectivity index (χ0n) is 25.4. The van der Waals surface area contributed by atoms with Gasteiger partial charge in [-0.2, -0.15) is 9.97 Å². The summed E-state index contributed by atoms with van der Waals surface area (Å²) in [6.07, 6.45) is 9.69. The van der Waals surface area contributed by atoms with Crippen LogP contribution in [0.2, 0.25) is 0 Å². The van der Waals surface area contributed by atoms with Crippen molar-refractivity contribution in [1.29, 1.82) is 0 Å². The molecule has 0 bridgehead atoms. The lowest BCUT2D eigenvalue weighted by Gasteiger charge is -2.38. The molecule has 8 nitrogen and oxygen atoms in total. The number of aryl methyl sites for hydroxylation is 1. The van der Waals surface area contributed by atoms with E-state index in [-0.39, 0.29) is 35.5 Å². The SMILES string of the molecule is C=CCC1CCCc2cc(O)cc(-c3ncc4c(N5CCC[C@@](C)(O)C5)nc(OC[C@@]56CCCN5C[C@H](F)C6)nc4c3F)c21. The Kier molecular flexibility index (Phi) is 7.48. The lowest BCUT2D eigenvalue weighted by molar-refractivity contribution is 0.0447. The highest BCUT2D eigenvalue weighted by molar-refractivity contribution is 5.92. The standard InChI is InChI=1S/C34H41F2N5O3/c1-3-7-21-8-4-9-22-14-24(42)15-25(27(21)22)29-28(36)30-26(17-37-29)31(40-12-5-10-33(2,43)19-40)39-32(38-30)44-20-34-11-6-13-41(34)18-23(35)16-34/h3,14-15,17,21,23,42-43H,1,4-13,16,18-20H2,2H3/t21?,23-,33-,34+/m1/s1. The molecular weight excluding hydrogens is 564 g/mol. The molecule has 3 aromatic rings. The monoisotopic (exact) mass is 605 g/mol. The smallest absolute Gasteiger partial charge is 0.319 e. The van der Waals surface area contributed by atoms with Crippen molar-refractivity contribution >= 4 is 16.7 Å². The number of ether oxygens (including phenoxy) is 1. The van der Waals surface area contributed by atoms with Crippen LogP contribution in [0.1, 0.15) is 75.3 Å². The van der Waals surface area contributed by atoms with E-state index in [9.17, 15) is 14.6 Å². The first-order chi connectivity index (χ1) is 21.2. The number of pyridine rings is 1. The third kappa shape index (κ3) is 5.19. The van der Waals surface area contributed by atoms with E-state index in [4.69, 9.17) is 9.72 Å². The highest BCUT2D eigenvalue weighted by Gasteiger charge is 2.49. The predicted molar refractivity (Wildman–Crippen MR) is 166 cm³/mol. The molecule has 1 aromatic carbocycles. The maximum absolute atomic E-state index is 16.8. The van der Waals surface area contributed by atoms with Gasteiger partial charge >= 0.3 is 6.01 Å². The molecule has 0 saturated carbocycles. The van der Waals surface area contributed by atoms with Crippen LogP contribution in [-0.2, 0) is 6.42 Å². The molecule has 0 amide bonds. The highest BCUT2D eigenvalue weighted by atomic mass is 19.1. The number of aromatic hydroxyl groups is 1. The highest BCUT2D eigenvalue weighted by Crippen LogP contribution is 2.44. The lowest BCUT2D eigenvalue weighted by Crippen LogP contribution is -2.46. The van der Waals surface area contributed by atoms with E-state index in [0.29, 0.717) is 49.2 Å². The van der Waals surface area contributed by atoms with Gasteiger partial charge in [0.25, 0.3) is 0 Å². The Morgan fingerprint density at radius 2 is 2.02 bits per heavy atom. The van der Waals surface area contributed by atoms with Crippen molar-refractivity contribution in [3.05, 3.63) is 47.9 Å². The van der Waals surface area contributed by atoms with Crippen molar-refractivity contribution < 1.29 is 23.7 Å². The zero-order chi connectivity index (χ0) is 30.6. The topological polar surface area (TPSA) is 94.8 Å². The quantitative estimate of drug-likeness (QED) is 0.325. The van der Waals surface area contributed by atoms with Crippen LogP contribution in [0.3, 0.4) is 0 Å². The van der Waals surface area contributed by atoms with Crippen molar-refractivity contribution in [1.82, 2.24) is 19.9 Å². The minimum Gasteiger partial charge on any atom is -0.508 e. The van der Waals surface area contributed by atoms with E-state index < -0.39 is 23.1 Å². The second-order valence-electron chi connectivity index (χ2n) is 13.6. The van der Waals surface area contributed by atoms with E-state index in [1.807, 2.05) is 11.0 Å². The number of hydrogen-bond donors (Lipinski definition) is 2. The van der Waals surface area contributed by atoms with Gasteiger partial charge in [0, 0.05) is 37.8 Å². The maximum Gasteiger partial charge on any atom is 0.319 e. The summed E-state index contributed by atoms with van der Waals surface area (Å²) in [6, 6.07) is 3.40. The first-order valence-electron chi connectivity index (χ1n) is 16.0. The first-order valence-corrected chi connectivity index (χ1v) is 16.0. The second-order valence-corrected chi connectivity index (χ2v) is 13.6. The number of aliphatic hydroxyl groups is 1. The Bertz CT molecular complexity index is 1600. The number of allylic oxidation sites excluding steroid dienone is 1. The van der Waals surface area contributed by atoms with E-state index in [1.54, 1.807) is 25.3 Å². The molecule has 0 spiro atoms. The number of phenols is 1. The summed E-state index contributed by atoms with van der Waals surface area (Å²) in [4.78, 5) is 18.1. The van der Waals surface area contributed by atoms with Gasteiger partial charge < -0.3 is 19.8 Å². The van der Waals surface area contributed by atoms with E-state index >= 15 is 4.39 Å². The number of piperidine rings is 1. The molecule has 234 valence electrons. The van der Waals surface area contributed by atoms with Crippen molar-refractivity contribution in [2.45, 2.75) is 87.9 Å². The van der Waals surface area contributed by atoms with Crippen molar-refractivity contribution in [2.75, 3.05) is 37.7 Å². The zero-order valence-corrected chi connectivity index (χ0v) is 25.4. The number of aromatic nitrogens is 3. The van der Waals surface area contributed by atoms with E-state index in [2.05, 4.69) is 21.4 Å². The number of halogens is 2. The third-order valence-corrected chi connectivity index (χ3v) is 10.2. The molecule has 2 N–H and O–H groups in total. The molecule has 2 aromatic heterocycles. The molecule has 3 saturated heterocycles. The predicted octanol–water partition coefficient (Wildman–Crippen LogP) is 5.84. The summed E-state index contributed by atoms with van der Waals surface area (Å²) in [5.41, 5.74) is 1.44. The fraction of sp³-hybridized carbons (Fsp3) is 0.559. The summed E-state index contributed by atoms with van der Waals surface area (Å²) in [5.74, 6) is 0.0747. The fourth-order valence-electron chi connectivity index (χ4n) is 8.27. The average Bonchev–Trinajstić information content (AvgIpc) is 3.51. The molecule has 4 atom stereocenters. The number of nitrogens with zero attached hydrogens (tertiary/aromatic N) is 5. The van der Waals surface area contributed by atoms with Gasteiger partial charge in [0.15, 0.2) is 5.82 Å². The molecule has 4 aliphatic rings. The average molecular weight is 606 g/mol. The Hall–Kier alpha value is -3.37. The Morgan fingerprint density at radius 3 is 2.84 bits per heavy atom. The van der Waals surface area contributed by atoms with Gasteiger partial charge in [-0.15, -0.1) is 6.58 Å². The number of hydrogen-bond acceptors (Lipinski definition) is 8. The summed E-state index contributed by atoms with van der Waals surface area (Å²) in [7, 11) is 0.